The fourth-order valence-corrected chi connectivity index (χ4v) is 1.79. The van der Waals surface area contributed by atoms with Gasteiger partial charge in [0.1, 0.15) is 5.82 Å². The smallest absolute Gasteiger partial charge is 0.335 e. The summed E-state index contributed by atoms with van der Waals surface area (Å²) in [7, 11) is 1.77. The fraction of sp³-hybridized carbons (Fsp3) is 0.154. The number of aryl methyl sites for hydroxylation is 1. The first-order valence-corrected chi connectivity index (χ1v) is 6.39. The van der Waals surface area contributed by atoms with Gasteiger partial charge in [0.05, 0.1) is 22.8 Å². The fourth-order valence-electron chi connectivity index (χ4n) is 1.63. The summed E-state index contributed by atoms with van der Waals surface area (Å²) in [4.78, 5) is 22.7. The van der Waals surface area contributed by atoms with Crippen LogP contribution in [0.2, 0.25) is 5.02 Å². The Bertz CT molecular complexity index is 684. The number of carbonyl (C=O) groups is 2. The van der Waals surface area contributed by atoms with Crippen molar-refractivity contribution >= 4 is 35.0 Å². The lowest BCUT2D eigenvalue weighted by atomic mass is 10.2. The van der Waals surface area contributed by atoms with E-state index >= 15 is 0 Å². The summed E-state index contributed by atoms with van der Waals surface area (Å²) >= 11 is 5.92. The normalized spacial score (nSPS) is 10.2. The van der Waals surface area contributed by atoms with Crippen molar-refractivity contribution in [2.75, 3.05) is 17.2 Å². The average Bonchev–Trinajstić information content (AvgIpc) is 2.84. The molecule has 0 spiro atoms. The van der Waals surface area contributed by atoms with Gasteiger partial charge >= 0.3 is 5.97 Å². The largest absolute Gasteiger partial charge is 0.478 e. The number of rotatable bonds is 5. The second-order valence-corrected chi connectivity index (χ2v) is 4.68. The van der Waals surface area contributed by atoms with Gasteiger partial charge in [-0.15, -0.1) is 0 Å². The lowest BCUT2D eigenvalue weighted by Gasteiger charge is -2.08. The Labute approximate surface area is 125 Å². The number of hydrogen-bond donors (Lipinski definition) is 3. The van der Waals surface area contributed by atoms with E-state index < -0.39 is 5.97 Å². The highest BCUT2D eigenvalue weighted by molar-refractivity contribution is 6.33. The average molecular weight is 309 g/mol. The van der Waals surface area contributed by atoms with Crippen molar-refractivity contribution in [1.29, 1.82) is 0 Å². The molecular formula is C13H13ClN4O3. The highest BCUT2D eigenvalue weighted by atomic mass is 35.5. The number of benzene rings is 1. The molecule has 1 amide bonds. The van der Waals surface area contributed by atoms with Crippen molar-refractivity contribution in [3.63, 3.8) is 0 Å². The van der Waals surface area contributed by atoms with E-state index in [1.807, 2.05) is 0 Å². The molecule has 0 saturated carbocycles. The summed E-state index contributed by atoms with van der Waals surface area (Å²) < 4.78 is 1.60. The van der Waals surface area contributed by atoms with Crippen molar-refractivity contribution in [1.82, 2.24) is 9.78 Å². The molecule has 0 radical (unpaired) electrons. The van der Waals surface area contributed by atoms with Crippen LogP contribution >= 0.6 is 11.6 Å². The molecule has 2 rings (SSSR count). The Balaban J connectivity index is 1.99. The molecule has 7 nitrogen and oxygen atoms in total. The standard InChI is InChI=1S/C13H13ClN4O3/c1-18-5-4-11(17-18)15-7-12(19)16-10-6-8(13(20)21)2-3-9(10)14/h2-6H,7H2,1H3,(H,15,17)(H,16,19)(H,20,21). The number of anilines is 2. The number of nitrogens with zero attached hydrogens (tertiary/aromatic N) is 2. The molecule has 0 aliphatic rings. The van der Waals surface area contributed by atoms with E-state index in [1.165, 1.54) is 18.2 Å². The number of halogens is 1. The van der Waals surface area contributed by atoms with Gasteiger partial charge in [0.15, 0.2) is 0 Å². The van der Waals surface area contributed by atoms with Crippen LogP contribution in [0.3, 0.4) is 0 Å². The molecule has 1 heterocycles. The lowest BCUT2D eigenvalue weighted by molar-refractivity contribution is -0.114. The Morgan fingerprint density at radius 1 is 1.38 bits per heavy atom. The molecule has 1 aromatic carbocycles. The molecule has 1 aromatic heterocycles. The Hall–Kier alpha value is -2.54. The maximum absolute atomic E-state index is 11.8. The zero-order valence-corrected chi connectivity index (χ0v) is 11.9. The first-order valence-electron chi connectivity index (χ1n) is 6.02. The van der Waals surface area contributed by atoms with Gasteiger partial charge in [0.25, 0.3) is 0 Å². The number of carbonyl (C=O) groups excluding carboxylic acids is 1. The van der Waals surface area contributed by atoms with Crippen LogP contribution in [-0.2, 0) is 11.8 Å². The lowest BCUT2D eigenvalue weighted by Crippen LogP contribution is -2.22. The molecule has 8 heteroatoms. The number of hydrogen-bond acceptors (Lipinski definition) is 4. The van der Waals surface area contributed by atoms with Crippen molar-refractivity contribution in [2.24, 2.45) is 7.05 Å². The number of aromatic nitrogens is 2. The van der Waals surface area contributed by atoms with E-state index in [4.69, 9.17) is 16.7 Å². The predicted molar refractivity (Wildman–Crippen MR) is 78.7 cm³/mol. The van der Waals surface area contributed by atoms with Gasteiger partial charge in [-0.1, -0.05) is 11.6 Å². The second-order valence-electron chi connectivity index (χ2n) is 4.28. The monoisotopic (exact) mass is 308 g/mol. The third kappa shape index (κ3) is 3.96. The zero-order chi connectivity index (χ0) is 15.4. The highest BCUT2D eigenvalue weighted by Gasteiger charge is 2.10. The van der Waals surface area contributed by atoms with Crippen LogP contribution < -0.4 is 10.6 Å². The van der Waals surface area contributed by atoms with Gasteiger partial charge in [-0.05, 0) is 18.2 Å². The van der Waals surface area contributed by atoms with Crippen molar-refractivity contribution in [3.8, 4) is 0 Å². The topological polar surface area (TPSA) is 96.2 Å². The van der Waals surface area contributed by atoms with Crippen molar-refractivity contribution in [3.05, 3.63) is 41.0 Å². The summed E-state index contributed by atoms with van der Waals surface area (Å²) in [6.07, 6.45) is 1.74. The van der Waals surface area contributed by atoms with E-state index in [0.29, 0.717) is 5.82 Å². The molecule has 0 unspecified atom stereocenters. The van der Waals surface area contributed by atoms with Crippen LogP contribution in [0.4, 0.5) is 11.5 Å². The van der Waals surface area contributed by atoms with Crippen molar-refractivity contribution in [2.45, 2.75) is 0 Å². The van der Waals surface area contributed by atoms with E-state index in [-0.39, 0.29) is 28.7 Å². The molecule has 3 N–H and O–H groups in total. The second kappa shape index (κ2) is 6.27. The molecule has 0 saturated heterocycles. The third-order valence-corrected chi connectivity index (χ3v) is 2.96. The van der Waals surface area contributed by atoms with Gasteiger partial charge in [-0.25, -0.2) is 4.79 Å². The van der Waals surface area contributed by atoms with Crippen LogP contribution in [0.15, 0.2) is 30.5 Å². The van der Waals surface area contributed by atoms with Crippen molar-refractivity contribution < 1.29 is 14.7 Å². The van der Waals surface area contributed by atoms with Crippen LogP contribution in [-0.4, -0.2) is 33.3 Å². The SMILES string of the molecule is Cn1ccc(NCC(=O)Nc2cc(C(=O)O)ccc2Cl)n1. The third-order valence-electron chi connectivity index (χ3n) is 2.63. The first kappa shape index (κ1) is 14.9. The number of amides is 1. The summed E-state index contributed by atoms with van der Waals surface area (Å²) in [5, 5.41) is 18.6. The Kier molecular flexibility index (Phi) is 4.44. The van der Waals surface area contributed by atoms with E-state index in [2.05, 4.69) is 15.7 Å². The van der Waals surface area contributed by atoms with E-state index in [0.717, 1.165) is 0 Å². The number of carboxylic acids is 1. The van der Waals surface area contributed by atoms with E-state index in [9.17, 15) is 9.59 Å². The van der Waals surface area contributed by atoms with Gasteiger partial charge in [0, 0.05) is 19.3 Å². The van der Waals surface area contributed by atoms with Crippen LogP contribution in [0.25, 0.3) is 0 Å². The minimum absolute atomic E-state index is 0.00928. The highest BCUT2D eigenvalue weighted by Crippen LogP contribution is 2.23. The summed E-state index contributed by atoms with van der Waals surface area (Å²) in [5.41, 5.74) is 0.303. The quantitative estimate of drug-likeness (QED) is 0.783. The molecule has 0 fully saturated rings. The summed E-state index contributed by atoms with van der Waals surface area (Å²) in [6.45, 7) is -0.00928. The summed E-state index contributed by atoms with van der Waals surface area (Å²) in [6, 6.07) is 5.83. The molecule has 21 heavy (non-hydrogen) atoms. The minimum Gasteiger partial charge on any atom is -0.478 e. The van der Waals surface area contributed by atoms with Crippen LogP contribution in [0.5, 0.6) is 0 Å². The predicted octanol–water partition coefficient (Wildman–Crippen LogP) is 1.82. The van der Waals surface area contributed by atoms with Gasteiger partial charge in [0.2, 0.25) is 5.91 Å². The molecule has 110 valence electrons. The maximum Gasteiger partial charge on any atom is 0.335 e. The zero-order valence-electron chi connectivity index (χ0n) is 11.1. The maximum atomic E-state index is 11.8. The minimum atomic E-state index is -1.09. The molecule has 0 aliphatic carbocycles. The van der Waals surface area contributed by atoms with Gasteiger partial charge in [-0.3, -0.25) is 9.48 Å². The Morgan fingerprint density at radius 2 is 2.14 bits per heavy atom. The molecule has 0 bridgehead atoms. The number of aromatic carboxylic acids is 1. The number of nitrogens with one attached hydrogen (secondary N) is 2. The van der Waals surface area contributed by atoms with E-state index in [1.54, 1.807) is 24.0 Å². The number of carboxylic acid groups (broad SMARTS) is 1. The molecule has 0 aliphatic heterocycles. The Morgan fingerprint density at radius 3 is 2.76 bits per heavy atom. The molecule has 2 aromatic rings. The van der Waals surface area contributed by atoms with Crippen LogP contribution in [0, 0.1) is 0 Å². The summed E-state index contributed by atoms with van der Waals surface area (Å²) in [5.74, 6) is -0.878. The first-order chi connectivity index (χ1) is 9.95. The van der Waals surface area contributed by atoms with Crippen LogP contribution in [0.1, 0.15) is 10.4 Å². The molecular weight excluding hydrogens is 296 g/mol. The molecule has 0 atom stereocenters. The van der Waals surface area contributed by atoms with Gasteiger partial charge in [-0.2, -0.15) is 5.10 Å². The van der Waals surface area contributed by atoms with Gasteiger partial charge < -0.3 is 15.7 Å².